The molecule has 5 N–H and O–H groups in total. The number of rotatable bonds is 6. The van der Waals surface area contributed by atoms with Crippen LogP contribution in [0.5, 0.6) is 0 Å². The monoisotopic (exact) mass is 339 g/mol. The van der Waals surface area contributed by atoms with Gasteiger partial charge in [-0.1, -0.05) is 6.07 Å². The molecule has 0 aromatic heterocycles. The van der Waals surface area contributed by atoms with Crippen molar-refractivity contribution in [2.24, 2.45) is 16.0 Å². The fourth-order valence-electron chi connectivity index (χ4n) is 1.96. The van der Waals surface area contributed by atoms with Crippen LogP contribution in [0.15, 0.2) is 58.8 Å². The van der Waals surface area contributed by atoms with E-state index >= 15 is 0 Å². The van der Waals surface area contributed by atoms with Crippen LogP contribution in [-0.2, 0) is 9.59 Å². The lowest BCUT2D eigenvalue weighted by Crippen LogP contribution is -2.31. The van der Waals surface area contributed by atoms with E-state index in [0.717, 1.165) is 0 Å². The first kappa shape index (κ1) is 17.8. The third-order valence-corrected chi connectivity index (χ3v) is 3.23. The fourth-order valence-corrected chi connectivity index (χ4v) is 1.96. The molecule has 2 aromatic carbocycles. The Kier molecular flexibility index (Phi) is 5.57. The van der Waals surface area contributed by atoms with Crippen LogP contribution >= 0.6 is 0 Å². The number of hydrogen-bond acceptors (Lipinski definition) is 6. The summed E-state index contributed by atoms with van der Waals surface area (Å²) in [6, 6.07) is 11.2. The Labute approximate surface area is 143 Å². The van der Waals surface area contributed by atoms with Crippen LogP contribution in [0.2, 0.25) is 0 Å². The summed E-state index contributed by atoms with van der Waals surface area (Å²) in [5.74, 6) is -1.64. The average molecular weight is 339 g/mol. The van der Waals surface area contributed by atoms with Gasteiger partial charge in [-0.05, 0) is 49.4 Å². The van der Waals surface area contributed by atoms with Crippen molar-refractivity contribution in [1.29, 1.82) is 0 Å². The molecule has 8 nitrogen and oxygen atoms in total. The van der Waals surface area contributed by atoms with Crippen LogP contribution in [0, 0.1) is 0 Å². The van der Waals surface area contributed by atoms with Crippen molar-refractivity contribution in [3.8, 4) is 0 Å². The van der Waals surface area contributed by atoms with Crippen LogP contribution in [0.4, 0.5) is 17.1 Å². The minimum absolute atomic E-state index is 0.321. The number of benzene rings is 2. The minimum atomic E-state index is -1.29. The van der Waals surface area contributed by atoms with Crippen molar-refractivity contribution < 1.29 is 14.4 Å². The number of primary amides is 1. The molecule has 8 heteroatoms. The van der Waals surface area contributed by atoms with Crippen molar-refractivity contribution in [3.05, 3.63) is 54.1 Å². The van der Waals surface area contributed by atoms with E-state index in [-0.39, 0.29) is 0 Å². The fraction of sp³-hybridized carbons (Fsp3) is 0.118. The molecule has 0 saturated carbocycles. The van der Waals surface area contributed by atoms with E-state index in [0.29, 0.717) is 22.6 Å². The summed E-state index contributed by atoms with van der Waals surface area (Å²) >= 11 is 0. The molecule has 128 valence electrons. The van der Waals surface area contributed by atoms with E-state index < -0.39 is 23.6 Å². The molecule has 0 radical (unpaired) electrons. The lowest BCUT2D eigenvalue weighted by atomic mass is 10.2. The molecule has 25 heavy (non-hydrogen) atoms. The number of carbonyl (C=O) groups excluding carboxylic acids is 3. The Morgan fingerprint density at radius 1 is 1.08 bits per heavy atom. The van der Waals surface area contributed by atoms with E-state index in [1.54, 1.807) is 24.3 Å². The quantitative estimate of drug-likeness (QED) is 0.421. The molecular formula is C17H17N5O3. The van der Waals surface area contributed by atoms with Gasteiger partial charge in [-0.15, -0.1) is 0 Å². The van der Waals surface area contributed by atoms with Gasteiger partial charge in [-0.2, -0.15) is 10.2 Å². The Hall–Kier alpha value is -3.55. The third kappa shape index (κ3) is 4.96. The Morgan fingerprint density at radius 2 is 1.76 bits per heavy atom. The molecule has 1 atom stereocenters. The van der Waals surface area contributed by atoms with Gasteiger partial charge in [0.15, 0.2) is 5.78 Å². The van der Waals surface area contributed by atoms with Gasteiger partial charge in [-0.3, -0.25) is 14.4 Å². The second-order valence-electron chi connectivity index (χ2n) is 5.25. The number of nitrogens with two attached hydrogens (primary N) is 2. The van der Waals surface area contributed by atoms with E-state index in [9.17, 15) is 14.4 Å². The summed E-state index contributed by atoms with van der Waals surface area (Å²) in [6.45, 7) is 1.25. The summed E-state index contributed by atoms with van der Waals surface area (Å²) in [6.07, 6.45) is 0. The minimum Gasteiger partial charge on any atom is -0.399 e. The Balaban J connectivity index is 2.13. The lowest BCUT2D eigenvalue weighted by molar-refractivity contribution is -0.126. The highest BCUT2D eigenvalue weighted by molar-refractivity contribution is 6.10. The van der Waals surface area contributed by atoms with E-state index in [2.05, 4.69) is 15.5 Å². The zero-order valence-electron chi connectivity index (χ0n) is 13.5. The number of carbonyl (C=O) groups is 3. The van der Waals surface area contributed by atoms with E-state index in [1.165, 1.54) is 31.2 Å². The highest BCUT2D eigenvalue weighted by Crippen LogP contribution is 2.16. The van der Waals surface area contributed by atoms with Gasteiger partial charge < -0.3 is 16.8 Å². The molecule has 0 spiro atoms. The second kappa shape index (κ2) is 7.82. The molecule has 0 saturated heterocycles. The molecule has 0 heterocycles. The van der Waals surface area contributed by atoms with Crippen LogP contribution in [-0.4, -0.2) is 23.6 Å². The molecule has 2 rings (SSSR count). The third-order valence-electron chi connectivity index (χ3n) is 3.23. The van der Waals surface area contributed by atoms with E-state index in [1.807, 2.05) is 0 Å². The highest BCUT2D eigenvalue weighted by atomic mass is 16.2. The predicted octanol–water partition coefficient (Wildman–Crippen LogP) is 2.05. The second-order valence-corrected chi connectivity index (χ2v) is 5.25. The molecule has 0 fully saturated rings. The number of ketones is 1. The molecular weight excluding hydrogens is 322 g/mol. The first-order chi connectivity index (χ1) is 11.9. The smallest absolute Gasteiger partial charge is 0.258 e. The molecule has 1 unspecified atom stereocenters. The first-order valence-corrected chi connectivity index (χ1v) is 7.34. The average Bonchev–Trinajstić information content (AvgIpc) is 2.55. The highest BCUT2D eigenvalue weighted by Gasteiger charge is 2.23. The van der Waals surface area contributed by atoms with Gasteiger partial charge in [0.2, 0.25) is 11.9 Å². The predicted molar refractivity (Wildman–Crippen MR) is 93.4 cm³/mol. The SMILES string of the molecule is CC(=O)C(N=Nc1ccc(C(N)=O)cc1)C(=O)Nc1cccc(N)c1. The van der Waals surface area contributed by atoms with Crippen molar-refractivity contribution >= 4 is 34.7 Å². The number of nitrogens with one attached hydrogen (secondary N) is 1. The van der Waals surface area contributed by atoms with Gasteiger partial charge in [0, 0.05) is 16.9 Å². The number of hydrogen-bond donors (Lipinski definition) is 3. The van der Waals surface area contributed by atoms with Crippen LogP contribution in [0.1, 0.15) is 17.3 Å². The molecule has 2 amide bonds. The zero-order valence-corrected chi connectivity index (χ0v) is 13.5. The maximum Gasteiger partial charge on any atom is 0.258 e. The number of Topliss-reactive ketones (excluding diaryl/α,β-unsaturated/α-hetero) is 1. The topological polar surface area (TPSA) is 140 Å². The molecule has 0 aliphatic rings. The first-order valence-electron chi connectivity index (χ1n) is 7.34. The summed E-state index contributed by atoms with van der Waals surface area (Å²) in [5.41, 5.74) is 12.4. The largest absolute Gasteiger partial charge is 0.399 e. The molecule has 0 aliphatic heterocycles. The normalized spacial score (nSPS) is 11.9. The lowest BCUT2D eigenvalue weighted by Gasteiger charge is -2.09. The number of azo groups is 1. The number of nitrogen functional groups attached to an aromatic ring is 1. The van der Waals surface area contributed by atoms with E-state index in [4.69, 9.17) is 11.5 Å². The van der Waals surface area contributed by atoms with Gasteiger partial charge in [0.1, 0.15) is 0 Å². The van der Waals surface area contributed by atoms with Crippen molar-refractivity contribution in [2.75, 3.05) is 11.1 Å². The van der Waals surface area contributed by atoms with Gasteiger partial charge in [0.25, 0.3) is 5.91 Å². The number of anilines is 2. The molecule has 2 aromatic rings. The maximum atomic E-state index is 12.2. The van der Waals surface area contributed by atoms with Crippen molar-refractivity contribution in [2.45, 2.75) is 13.0 Å². The van der Waals surface area contributed by atoms with Gasteiger partial charge in [-0.25, -0.2) is 0 Å². The zero-order chi connectivity index (χ0) is 18.4. The number of amides is 2. The Morgan fingerprint density at radius 3 is 2.32 bits per heavy atom. The van der Waals surface area contributed by atoms with Crippen molar-refractivity contribution in [1.82, 2.24) is 0 Å². The molecule has 0 bridgehead atoms. The number of nitrogens with zero attached hydrogens (tertiary/aromatic N) is 2. The van der Waals surface area contributed by atoms with Crippen LogP contribution in [0.25, 0.3) is 0 Å². The molecule has 0 aliphatic carbocycles. The van der Waals surface area contributed by atoms with Gasteiger partial charge >= 0.3 is 0 Å². The summed E-state index contributed by atoms with van der Waals surface area (Å²) < 4.78 is 0. The summed E-state index contributed by atoms with van der Waals surface area (Å²) in [7, 11) is 0. The van der Waals surface area contributed by atoms with Crippen LogP contribution < -0.4 is 16.8 Å². The standard InChI is InChI=1S/C17H17N5O3/c1-10(23)15(17(25)20-14-4-2-3-12(18)9-14)22-21-13-7-5-11(6-8-13)16(19)24/h2-9,15H,18H2,1H3,(H2,19,24)(H,20,25). The Bertz CT molecular complexity index is 830. The van der Waals surface area contributed by atoms with Gasteiger partial charge in [0.05, 0.1) is 5.69 Å². The maximum absolute atomic E-state index is 12.2. The van der Waals surface area contributed by atoms with Crippen LogP contribution in [0.3, 0.4) is 0 Å². The summed E-state index contributed by atoms with van der Waals surface area (Å²) in [5, 5.41) is 10.2. The summed E-state index contributed by atoms with van der Waals surface area (Å²) in [4.78, 5) is 35.0. The van der Waals surface area contributed by atoms with Crippen molar-refractivity contribution in [3.63, 3.8) is 0 Å².